The van der Waals surface area contributed by atoms with Crippen molar-refractivity contribution in [2.24, 2.45) is 12.8 Å². The Balaban J connectivity index is 2.47. The second-order valence-corrected chi connectivity index (χ2v) is 3.03. The molecular formula is C8H12N4O3. The third-order valence-electron chi connectivity index (χ3n) is 1.75. The minimum atomic E-state index is -1.37. The van der Waals surface area contributed by atoms with Gasteiger partial charge in [-0.1, -0.05) is 0 Å². The molecule has 2 amide bonds. The van der Waals surface area contributed by atoms with Crippen LogP contribution in [0.3, 0.4) is 0 Å². The molecule has 7 nitrogen and oxygen atoms in total. The molecule has 0 aromatic carbocycles. The molecule has 0 aliphatic rings. The standard InChI is InChI=1S/C8H12N4O3/c1-12-4-5(2-11-12)8(15)10-3-6(13)7(9)14/h2,4,6,13H,3H2,1H3,(H2,9,14)(H,10,15). The van der Waals surface area contributed by atoms with Crippen LogP contribution < -0.4 is 11.1 Å². The van der Waals surface area contributed by atoms with Crippen molar-refractivity contribution in [3.8, 4) is 0 Å². The van der Waals surface area contributed by atoms with Crippen molar-refractivity contribution in [3.05, 3.63) is 18.0 Å². The van der Waals surface area contributed by atoms with Crippen LogP contribution in [0.15, 0.2) is 12.4 Å². The van der Waals surface area contributed by atoms with E-state index in [4.69, 9.17) is 10.8 Å². The van der Waals surface area contributed by atoms with Crippen molar-refractivity contribution in [2.75, 3.05) is 6.54 Å². The van der Waals surface area contributed by atoms with E-state index in [1.54, 1.807) is 7.05 Å². The van der Waals surface area contributed by atoms with Gasteiger partial charge in [0.25, 0.3) is 5.91 Å². The number of carbonyl (C=O) groups excluding carboxylic acids is 2. The van der Waals surface area contributed by atoms with E-state index in [0.29, 0.717) is 5.56 Å². The number of aliphatic hydroxyl groups is 1. The SMILES string of the molecule is Cn1cc(C(=O)NCC(O)C(N)=O)cn1. The van der Waals surface area contributed by atoms with Crippen molar-refractivity contribution < 1.29 is 14.7 Å². The van der Waals surface area contributed by atoms with Gasteiger partial charge in [-0.05, 0) is 0 Å². The molecule has 1 rings (SSSR count). The van der Waals surface area contributed by atoms with Gasteiger partial charge in [0.05, 0.1) is 18.3 Å². The summed E-state index contributed by atoms with van der Waals surface area (Å²) in [5, 5.41) is 15.2. The summed E-state index contributed by atoms with van der Waals surface area (Å²) >= 11 is 0. The highest BCUT2D eigenvalue weighted by molar-refractivity contribution is 5.94. The molecule has 0 radical (unpaired) electrons. The summed E-state index contributed by atoms with van der Waals surface area (Å²) in [6, 6.07) is 0. The van der Waals surface area contributed by atoms with Crippen molar-refractivity contribution in [3.63, 3.8) is 0 Å². The summed E-state index contributed by atoms with van der Waals surface area (Å²) in [5.41, 5.74) is 5.16. The van der Waals surface area contributed by atoms with E-state index in [9.17, 15) is 9.59 Å². The number of primary amides is 1. The van der Waals surface area contributed by atoms with Crippen molar-refractivity contribution in [1.82, 2.24) is 15.1 Å². The number of aryl methyl sites for hydroxylation is 1. The minimum Gasteiger partial charge on any atom is -0.381 e. The highest BCUT2D eigenvalue weighted by atomic mass is 16.3. The average Bonchev–Trinajstić information content (AvgIpc) is 2.60. The maximum absolute atomic E-state index is 11.4. The largest absolute Gasteiger partial charge is 0.381 e. The van der Waals surface area contributed by atoms with Gasteiger partial charge in [0.1, 0.15) is 6.10 Å². The Labute approximate surface area is 85.9 Å². The van der Waals surface area contributed by atoms with Crippen LogP contribution in [0.4, 0.5) is 0 Å². The number of aromatic nitrogens is 2. The molecule has 0 saturated heterocycles. The summed E-state index contributed by atoms with van der Waals surface area (Å²) in [6.07, 6.45) is 1.53. The molecule has 0 spiro atoms. The first kappa shape index (κ1) is 11.2. The molecule has 1 heterocycles. The zero-order chi connectivity index (χ0) is 11.4. The van der Waals surface area contributed by atoms with E-state index in [1.807, 2.05) is 0 Å². The molecule has 82 valence electrons. The Morgan fingerprint density at radius 2 is 2.40 bits per heavy atom. The molecule has 1 unspecified atom stereocenters. The molecule has 1 aromatic rings. The predicted molar refractivity (Wildman–Crippen MR) is 50.7 cm³/mol. The van der Waals surface area contributed by atoms with Gasteiger partial charge in [-0.15, -0.1) is 0 Å². The number of nitrogens with two attached hydrogens (primary N) is 1. The molecule has 1 atom stereocenters. The monoisotopic (exact) mass is 212 g/mol. The number of aliphatic hydroxyl groups excluding tert-OH is 1. The Kier molecular flexibility index (Phi) is 3.40. The number of nitrogens with zero attached hydrogens (tertiary/aromatic N) is 2. The molecule has 1 aromatic heterocycles. The fraction of sp³-hybridized carbons (Fsp3) is 0.375. The normalized spacial score (nSPS) is 12.1. The van der Waals surface area contributed by atoms with Crippen LogP contribution in [0.2, 0.25) is 0 Å². The van der Waals surface area contributed by atoms with Gasteiger partial charge in [-0.3, -0.25) is 14.3 Å². The maximum atomic E-state index is 11.4. The summed E-state index contributed by atoms with van der Waals surface area (Å²) in [7, 11) is 1.68. The average molecular weight is 212 g/mol. The van der Waals surface area contributed by atoms with Crippen LogP contribution in [0, 0.1) is 0 Å². The van der Waals surface area contributed by atoms with E-state index < -0.39 is 17.9 Å². The quantitative estimate of drug-likeness (QED) is 0.535. The van der Waals surface area contributed by atoms with Gasteiger partial charge in [-0.2, -0.15) is 5.10 Å². The van der Waals surface area contributed by atoms with Gasteiger partial charge in [0.2, 0.25) is 5.91 Å². The van der Waals surface area contributed by atoms with Gasteiger partial charge >= 0.3 is 0 Å². The van der Waals surface area contributed by atoms with Crippen molar-refractivity contribution in [2.45, 2.75) is 6.10 Å². The number of amides is 2. The predicted octanol–water partition coefficient (Wildman–Crippen LogP) is -2.00. The first-order valence-corrected chi connectivity index (χ1v) is 4.25. The van der Waals surface area contributed by atoms with Crippen LogP contribution in [-0.4, -0.2) is 39.4 Å². The first-order valence-electron chi connectivity index (χ1n) is 4.25. The number of rotatable bonds is 4. The first-order chi connectivity index (χ1) is 7.00. The summed E-state index contributed by atoms with van der Waals surface area (Å²) in [6.45, 7) is -0.205. The van der Waals surface area contributed by atoms with E-state index >= 15 is 0 Å². The van der Waals surface area contributed by atoms with E-state index in [0.717, 1.165) is 0 Å². The van der Waals surface area contributed by atoms with Crippen molar-refractivity contribution >= 4 is 11.8 Å². The minimum absolute atomic E-state index is 0.205. The molecular weight excluding hydrogens is 200 g/mol. The van der Waals surface area contributed by atoms with Crippen molar-refractivity contribution in [1.29, 1.82) is 0 Å². The Morgan fingerprint density at radius 1 is 1.73 bits per heavy atom. The van der Waals surface area contributed by atoms with E-state index in [-0.39, 0.29) is 6.54 Å². The van der Waals surface area contributed by atoms with E-state index in [1.165, 1.54) is 17.1 Å². The van der Waals surface area contributed by atoms with Crippen LogP contribution in [0.5, 0.6) is 0 Å². The number of nitrogens with one attached hydrogen (secondary N) is 1. The number of hydrogen-bond donors (Lipinski definition) is 3. The summed E-state index contributed by atoms with van der Waals surface area (Å²) < 4.78 is 1.47. The van der Waals surface area contributed by atoms with Crippen LogP contribution in [0.25, 0.3) is 0 Å². The summed E-state index contributed by atoms with van der Waals surface area (Å²) in [4.78, 5) is 21.8. The maximum Gasteiger partial charge on any atom is 0.254 e. The third kappa shape index (κ3) is 3.06. The topological polar surface area (TPSA) is 110 Å². The smallest absolute Gasteiger partial charge is 0.254 e. The second kappa shape index (κ2) is 4.56. The lowest BCUT2D eigenvalue weighted by Crippen LogP contribution is -2.39. The lowest BCUT2D eigenvalue weighted by atomic mass is 10.3. The molecule has 0 saturated carbocycles. The number of carbonyl (C=O) groups is 2. The van der Waals surface area contributed by atoms with Crippen LogP contribution in [0.1, 0.15) is 10.4 Å². The molecule has 0 bridgehead atoms. The van der Waals surface area contributed by atoms with E-state index in [2.05, 4.69) is 10.4 Å². The van der Waals surface area contributed by atoms with Gasteiger partial charge < -0.3 is 16.2 Å². The Bertz CT molecular complexity index is 374. The molecule has 0 aliphatic heterocycles. The lowest BCUT2D eigenvalue weighted by molar-refractivity contribution is -0.125. The second-order valence-electron chi connectivity index (χ2n) is 3.03. The highest BCUT2D eigenvalue weighted by Gasteiger charge is 2.13. The number of hydrogen-bond acceptors (Lipinski definition) is 4. The molecule has 0 aliphatic carbocycles. The van der Waals surface area contributed by atoms with Gasteiger partial charge in [-0.25, -0.2) is 0 Å². The zero-order valence-corrected chi connectivity index (χ0v) is 8.17. The van der Waals surface area contributed by atoms with Crippen LogP contribution >= 0.6 is 0 Å². The fourth-order valence-electron chi connectivity index (χ4n) is 0.931. The Hall–Kier alpha value is -1.89. The highest BCUT2D eigenvalue weighted by Crippen LogP contribution is 1.95. The molecule has 4 N–H and O–H groups in total. The fourth-order valence-corrected chi connectivity index (χ4v) is 0.931. The molecule has 15 heavy (non-hydrogen) atoms. The molecule has 7 heteroatoms. The third-order valence-corrected chi connectivity index (χ3v) is 1.75. The van der Waals surface area contributed by atoms with Gasteiger partial charge in [0, 0.05) is 13.2 Å². The summed E-state index contributed by atoms with van der Waals surface area (Å²) in [5.74, 6) is -1.29. The Morgan fingerprint density at radius 3 is 2.87 bits per heavy atom. The zero-order valence-electron chi connectivity index (χ0n) is 8.17. The lowest BCUT2D eigenvalue weighted by Gasteiger charge is -2.06. The van der Waals surface area contributed by atoms with Crippen LogP contribution in [-0.2, 0) is 11.8 Å². The van der Waals surface area contributed by atoms with Gasteiger partial charge in [0.15, 0.2) is 0 Å². The molecule has 0 fully saturated rings.